The van der Waals surface area contributed by atoms with Crippen LogP contribution in [-0.2, 0) is 9.53 Å². The van der Waals surface area contributed by atoms with Crippen LogP contribution in [0.25, 0.3) is 0 Å². The number of nitrogens with two attached hydrogens (primary N) is 1. The van der Waals surface area contributed by atoms with Crippen LogP contribution in [-0.4, -0.2) is 44.2 Å². The fraction of sp³-hybridized carbons (Fsp3) is 0.562. The summed E-state index contributed by atoms with van der Waals surface area (Å²) in [5.74, 6) is 0.476. The zero-order valence-corrected chi connectivity index (χ0v) is 13.5. The second kappa shape index (κ2) is 8.64. The summed E-state index contributed by atoms with van der Waals surface area (Å²) in [7, 11) is 1.67. The molecule has 0 saturated carbocycles. The van der Waals surface area contributed by atoms with Crippen LogP contribution in [0.2, 0.25) is 0 Å². The van der Waals surface area contributed by atoms with E-state index >= 15 is 0 Å². The first kappa shape index (κ1) is 17.5. The Morgan fingerprint density at radius 3 is 2.76 bits per heavy atom. The molecule has 1 rings (SSSR count). The average Bonchev–Trinajstić information content (AvgIpc) is 2.40. The molecule has 0 saturated heterocycles. The summed E-state index contributed by atoms with van der Waals surface area (Å²) < 4.78 is 5.10. The van der Waals surface area contributed by atoms with Crippen molar-refractivity contribution in [1.29, 1.82) is 0 Å². The molecule has 0 spiro atoms. The van der Waals surface area contributed by atoms with Gasteiger partial charge in [-0.15, -0.1) is 0 Å². The van der Waals surface area contributed by atoms with Crippen LogP contribution >= 0.6 is 0 Å². The van der Waals surface area contributed by atoms with Gasteiger partial charge in [0.15, 0.2) is 0 Å². The summed E-state index contributed by atoms with van der Waals surface area (Å²) in [6, 6.07) is 5.54. The fourth-order valence-electron chi connectivity index (χ4n) is 2.15. The molecule has 0 unspecified atom stereocenters. The maximum atomic E-state index is 12.2. The van der Waals surface area contributed by atoms with Gasteiger partial charge in [-0.25, -0.2) is 0 Å². The van der Waals surface area contributed by atoms with Crippen molar-refractivity contribution in [2.24, 2.45) is 5.92 Å². The number of amides is 1. The minimum atomic E-state index is -0.0274. The molecule has 0 heterocycles. The summed E-state index contributed by atoms with van der Waals surface area (Å²) in [6.45, 7) is 8.78. The molecule has 0 atom stereocenters. The molecule has 0 aliphatic carbocycles. The van der Waals surface area contributed by atoms with Gasteiger partial charge in [-0.1, -0.05) is 19.9 Å². The van der Waals surface area contributed by atoms with Gasteiger partial charge in [0.1, 0.15) is 0 Å². The first-order valence-corrected chi connectivity index (χ1v) is 7.30. The standard InChI is InChI=1S/C16H27N3O2/c1-12(2)10-19(8-9-21-4)11-16(20)18-15-7-5-6-14(17)13(15)3/h5-7,12H,8-11,17H2,1-4H3,(H,18,20). The van der Waals surface area contributed by atoms with E-state index in [0.29, 0.717) is 24.8 Å². The fourth-order valence-corrected chi connectivity index (χ4v) is 2.15. The summed E-state index contributed by atoms with van der Waals surface area (Å²) in [4.78, 5) is 14.3. The van der Waals surface area contributed by atoms with Crippen molar-refractivity contribution in [3.63, 3.8) is 0 Å². The van der Waals surface area contributed by atoms with Crippen molar-refractivity contribution in [3.05, 3.63) is 23.8 Å². The molecule has 3 N–H and O–H groups in total. The highest BCUT2D eigenvalue weighted by molar-refractivity contribution is 5.93. The second-order valence-corrected chi connectivity index (χ2v) is 5.69. The highest BCUT2D eigenvalue weighted by Crippen LogP contribution is 2.20. The van der Waals surface area contributed by atoms with E-state index in [1.165, 1.54) is 0 Å². The number of benzene rings is 1. The lowest BCUT2D eigenvalue weighted by Gasteiger charge is -2.23. The number of methoxy groups -OCH3 is 1. The number of hydrogen-bond acceptors (Lipinski definition) is 4. The maximum Gasteiger partial charge on any atom is 0.238 e. The molecule has 0 aliphatic rings. The minimum Gasteiger partial charge on any atom is -0.398 e. The first-order valence-electron chi connectivity index (χ1n) is 7.30. The smallest absolute Gasteiger partial charge is 0.238 e. The Kier molecular flexibility index (Phi) is 7.19. The van der Waals surface area contributed by atoms with Gasteiger partial charge in [0.2, 0.25) is 5.91 Å². The van der Waals surface area contributed by atoms with Crippen LogP contribution in [0.4, 0.5) is 11.4 Å². The van der Waals surface area contributed by atoms with Crippen LogP contribution in [0, 0.1) is 12.8 Å². The molecule has 1 aromatic carbocycles. The van der Waals surface area contributed by atoms with Crippen molar-refractivity contribution in [2.45, 2.75) is 20.8 Å². The van der Waals surface area contributed by atoms with Gasteiger partial charge in [-0.3, -0.25) is 9.69 Å². The monoisotopic (exact) mass is 293 g/mol. The number of nitrogens with one attached hydrogen (secondary N) is 1. The number of nitrogen functional groups attached to an aromatic ring is 1. The lowest BCUT2D eigenvalue weighted by atomic mass is 10.1. The largest absolute Gasteiger partial charge is 0.398 e. The Hall–Kier alpha value is -1.59. The van der Waals surface area contributed by atoms with Crippen LogP contribution in [0.15, 0.2) is 18.2 Å². The highest BCUT2D eigenvalue weighted by Gasteiger charge is 2.13. The van der Waals surface area contributed by atoms with Gasteiger partial charge in [0.25, 0.3) is 0 Å². The van der Waals surface area contributed by atoms with Crippen molar-refractivity contribution in [3.8, 4) is 0 Å². The van der Waals surface area contributed by atoms with E-state index < -0.39 is 0 Å². The van der Waals surface area contributed by atoms with E-state index in [2.05, 4.69) is 24.1 Å². The molecule has 118 valence electrons. The third kappa shape index (κ3) is 6.14. The zero-order chi connectivity index (χ0) is 15.8. The number of carbonyl (C=O) groups excluding carboxylic acids is 1. The van der Waals surface area contributed by atoms with E-state index in [4.69, 9.17) is 10.5 Å². The Morgan fingerprint density at radius 1 is 1.43 bits per heavy atom. The van der Waals surface area contributed by atoms with E-state index in [1.54, 1.807) is 7.11 Å². The van der Waals surface area contributed by atoms with Crippen LogP contribution in [0.3, 0.4) is 0 Å². The molecular formula is C16H27N3O2. The molecular weight excluding hydrogens is 266 g/mol. The SMILES string of the molecule is COCCN(CC(=O)Nc1cccc(N)c1C)CC(C)C. The van der Waals surface area contributed by atoms with Gasteiger partial charge in [-0.05, 0) is 30.5 Å². The number of nitrogens with zero attached hydrogens (tertiary/aromatic N) is 1. The molecule has 0 fully saturated rings. The second-order valence-electron chi connectivity index (χ2n) is 5.69. The predicted octanol–water partition coefficient (Wildman–Crippen LogP) is 2.12. The zero-order valence-electron chi connectivity index (χ0n) is 13.5. The molecule has 0 radical (unpaired) electrons. The van der Waals surface area contributed by atoms with Gasteiger partial charge in [0, 0.05) is 31.6 Å². The molecule has 1 amide bonds. The van der Waals surface area contributed by atoms with Crippen molar-refractivity contribution < 1.29 is 9.53 Å². The van der Waals surface area contributed by atoms with Crippen LogP contribution < -0.4 is 11.1 Å². The molecule has 21 heavy (non-hydrogen) atoms. The number of rotatable bonds is 8. The molecule has 0 aromatic heterocycles. The number of ether oxygens (including phenoxy) is 1. The number of carbonyl (C=O) groups is 1. The number of hydrogen-bond donors (Lipinski definition) is 2. The molecule has 1 aromatic rings. The Balaban J connectivity index is 2.62. The Morgan fingerprint density at radius 2 is 2.14 bits per heavy atom. The number of anilines is 2. The lowest BCUT2D eigenvalue weighted by Crippen LogP contribution is -2.37. The quantitative estimate of drug-likeness (QED) is 0.720. The molecule has 0 aliphatic heterocycles. The highest BCUT2D eigenvalue weighted by atomic mass is 16.5. The molecule has 0 bridgehead atoms. The van der Waals surface area contributed by atoms with E-state index in [9.17, 15) is 4.79 Å². The topological polar surface area (TPSA) is 67.6 Å². The van der Waals surface area contributed by atoms with Crippen molar-refractivity contribution in [1.82, 2.24) is 4.90 Å². The van der Waals surface area contributed by atoms with Crippen LogP contribution in [0.1, 0.15) is 19.4 Å². The normalized spacial score (nSPS) is 11.1. The van der Waals surface area contributed by atoms with Gasteiger partial charge in [0.05, 0.1) is 13.2 Å². The van der Waals surface area contributed by atoms with Gasteiger partial charge >= 0.3 is 0 Å². The Labute approximate surface area is 127 Å². The lowest BCUT2D eigenvalue weighted by molar-refractivity contribution is -0.117. The molecule has 5 heteroatoms. The molecule has 5 nitrogen and oxygen atoms in total. The summed E-state index contributed by atoms with van der Waals surface area (Å²) >= 11 is 0. The third-order valence-electron chi connectivity index (χ3n) is 3.25. The average molecular weight is 293 g/mol. The first-order chi connectivity index (χ1) is 9.93. The third-order valence-corrected chi connectivity index (χ3v) is 3.25. The summed E-state index contributed by atoms with van der Waals surface area (Å²) in [5, 5.41) is 2.93. The predicted molar refractivity (Wildman–Crippen MR) is 87.4 cm³/mol. The van der Waals surface area contributed by atoms with E-state index in [-0.39, 0.29) is 5.91 Å². The van der Waals surface area contributed by atoms with Gasteiger partial charge < -0.3 is 15.8 Å². The van der Waals surface area contributed by atoms with Crippen molar-refractivity contribution in [2.75, 3.05) is 44.4 Å². The summed E-state index contributed by atoms with van der Waals surface area (Å²) in [5.41, 5.74) is 8.21. The van der Waals surface area contributed by atoms with E-state index in [1.807, 2.05) is 25.1 Å². The van der Waals surface area contributed by atoms with Crippen LogP contribution in [0.5, 0.6) is 0 Å². The Bertz CT molecular complexity index is 461. The van der Waals surface area contributed by atoms with E-state index in [0.717, 1.165) is 24.3 Å². The minimum absolute atomic E-state index is 0.0274. The summed E-state index contributed by atoms with van der Waals surface area (Å²) in [6.07, 6.45) is 0. The van der Waals surface area contributed by atoms with Gasteiger partial charge in [-0.2, -0.15) is 0 Å². The maximum absolute atomic E-state index is 12.2. The van der Waals surface area contributed by atoms with Crippen molar-refractivity contribution >= 4 is 17.3 Å².